The van der Waals surface area contributed by atoms with Gasteiger partial charge in [0.15, 0.2) is 10.6 Å². The Balaban J connectivity index is 1.84. The average molecular weight is 346 g/mol. The summed E-state index contributed by atoms with van der Waals surface area (Å²) >= 11 is 6.91. The van der Waals surface area contributed by atoms with Gasteiger partial charge in [0.05, 0.1) is 25.6 Å². The number of hydrogen-bond acceptors (Lipinski definition) is 6. The van der Waals surface area contributed by atoms with Gasteiger partial charge in [-0.1, -0.05) is 18.3 Å². The van der Waals surface area contributed by atoms with Crippen LogP contribution in [0.4, 0.5) is 5.13 Å². The molecular formula is C14H25N4O2S2+. The summed E-state index contributed by atoms with van der Waals surface area (Å²) in [6.45, 7) is 8.06. The molecule has 1 aliphatic rings. The summed E-state index contributed by atoms with van der Waals surface area (Å²) in [7, 11) is 0. The topological polar surface area (TPSA) is 60.6 Å². The van der Waals surface area contributed by atoms with Gasteiger partial charge in [-0.05, 0) is 25.6 Å². The number of carbonyl (C=O) groups is 1. The maximum Gasteiger partial charge on any atom is 0.309 e. The van der Waals surface area contributed by atoms with Crippen LogP contribution in [0.2, 0.25) is 0 Å². The van der Waals surface area contributed by atoms with Crippen LogP contribution in [0, 0.1) is 9.87 Å². The van der Waals surface area contributed by atoms with E-state index in [4.69, 9.17) is 17.0 Å². The number of quaternary nitrogens is 1. The van der Waals surface area contributed by atoms with Crippen molar-refractivity contribution in [1.29, 1.82) is 0 Å². The maximum absolute atomic E-state index is 11.7. The lowest BCUT2D eigenvalue weighted by atomic mass is 9.97. The van der Waals surface area contributed by atoms with E-state index < -0.39 is 0 Å². The number of nitrogens with one attached hydrogen (secondary N) is 2. The lowest BCUT2D eigenvalue weighted by Crippen LogP contribution is -3.12. The van der Waals surface area contributed by atoms with Crippen LogP contribution in [-0.4, -0.2) is 42.0 Å². The molecule has 1 saturated heterocycles. The highest BCUT2D eigenvalue weighted by Gasteiger charge is 2.28. The average Bonchev–Trinajstić information content (AvgIpc) is 2.86. The molecule has 0 unspecified atom stereocenters. The molecule has 0 radical (unpaired) electrons. The summed E-state index contributed by atoms with van der Waals surface area (Å²) < 4.78 is 7.81. The number of piperidine rings is 1. The summed E-state index contributed by atoms with van der Waals surface area (Å²) in [5.74, 6) is 0.0201. The highest BCUT2D eigenvalue weighted by atomic mass is 32.1. The van der Waals surface area contributed by atoms with Crippen molar-refractivity contribution in [3.8, 4) is 0 Å². The monoisotopic (exact) mass is 345 g/mol. The number of aromatic nitrogens is 2. The van der Waals surface area contributed by atoms with E-state index in [1.807, 2.05) is 11.6 Å². The molecule has 0 aliphatic carbocycles. The number of hydrogen-bond donors (Lipinski definition) is 2. The predicted molar refractivity (Wildman–Crippen MR) is 89.8 cm³/mol. The van der Waals surface area contributed by atoms with Crippen LogP contribution >= 0.6 is 23.6 Å². The third kappa shape index (κ3) is 4.76. The normalized spacial score (nSPS) is 21.5. The van der Waals surface area contributed by atoms with Crippen molar-refractivity contribution >= 4 is 34.7 Å². The van der Waals surface area contributed by atoms with E-state index in [0.29, 0.717) is 6.61 Å². The summed E-state index contributed by atoms with van der Waals surface area (Å²) in [5.41, 5.74) is 0. The smallest absolute Gasteiger partial charge is 0.309 e. The quantitative estimate of drug-likeness (QED) is 0.576. The van der Waals surface area contributed by atoms with E-state index in [9.17, 15) is 4.79 Å². The van der Waals surface area contributed by atoms with E-state index >= 15 is 0 Å². The Morgan fingerprint density at radius 2 is 2.23 bits per heavy atom. The van der Waals surface area contributed by atoms with Crippen molar-refractivity contribution in [1.82, 2.24) is 9.78 Å². The molecule has 6 nitrogen and oxygen atoms in total. The Labute approximate surface area is 140 Å². The molecule has 0 atom stereocenters. The van der Waals surface area contributed by atoms with Crippen molar-refractivity contribution in [2.75, 3.05) is 31.6 Å². The van der Waals surface area contributed by atoms with Crippen LogP contribution in [0.15, 0.2) is 0 Å². The minimum absolute atomic E-state index is 0.0436. The molecule has 1 aromatic heterocycles. The van der Waals surface area contributed by atoms with Crippen LogP contribution < -0.4 is 10.2 Å². The van der Waals surface area contributed by atoms with Gasteiger partial charge in [0.25, 0.3) is 0 Å². The molecule has 1 fully saturated rings. The molecule has 2 heterocycles. The van der Waals surface area contributed by atoms with E-state index in [-0.39, 0.29) is 11.9 Å². The summed E-state index contributed by atoms with van der Waals surface area (Å²) in [6.07, 6.45) is 2.83. The number of nitrogens with zero attached hydrogens (tertiary/aromatic N) is 2. The first-order valence-electron chi connectivity index (χ1n) is 7.96. The number of esters is 1. The highest BCUT2D eigenvalue weighted by molar-refractivity contribution is 7.73. The summed E-state index contributed by atoms with van der Waals surface area (Å²) in [4.78, 5) is 13.2. The SMILES string of the molecule is CCCNc1nn(C[NH+]2CCC(C(=O)OCC)CC2)c(=S)s1. The van der Waals surface area contributed by atoms with E-state index in [0.717, 1.165) is 54.7 Å². The van der Waals surface area contributed by atoms with Crippen LogP contribution in [0.3, 0.4) is 0 Å². The van der Waals surface area contributed by atoms with Crippen molar-refractivity contribution in [2.45, 2.75) is 39.8 Å². The molecule has 0 aromatic carbocycles. The largest absolute Gasteiger partial charge is 0.466 e. The molecule has 124 valence electrons. The third-order valence-electron chi connectivity index (χ3n) is 3.82. The zero-order chi connectivity index (χ0) is 15.9. The van der Waals surface area contributed by atoms with Crippen LogP contribution in [0.25, 0.3) is 0 Å². The van der Waals surface area contributed by atoms with Gasteiger partial charge >= 0.3 is 5.97 Å². The van der Waals surface area contributed by atoms with Crippen LogP contribution in [-0.2, 0) is 16.2 Å². The molecule has 2 N–H and O–H groups in total. The van der Waals surface area contributed by atoms with Crippen molar-refractivity contribution < 1.29 is 14.4 Å². The Morgan fingerprint density at radius 1 is 1.50 bits per heavy atom. The summed E-state index contributed by atoms with van der Waals surface area (Å²) in [6, 6.07) is 0. The van der Waals surface area contributed by atoms with Gasteiger partial charge in [-0.3, -0.25) is 4.79 Å². The third-order valence-corrected chi connectivity index (χ3v) is 5.08. The lowest BCUT2D eigenvalue weighted by Gasteiger charge is -2.27. The molecule has 0 saturated carbocycles. The number of anilines is 1. The van der Waals surface area contributed by atoms with Crippen molar-refractivity contribution in [3.05, 3.63) is 3.95 Å². The second-order valence-corrected chi connectivity index (χ2v) is 7.16. The zero-order valence-corrected chi connectivity index (χ0v) is 14.9. The van der Waals surface area contributed by atoms with Crippen molar-refractivity contribution in [3.63, 3.8) is 0 Å². The van der Waals surface area contributed by atoms with Crippen molar-refractivity contribution in [2.24, 2.45) is 5.92 Å². The fourth-order valence-electron chi connectivity index (χ4n) is 2.60. The molecular weight excluding hydrogens is 320 g/mol. The minimum atomic E-state index is -0.0436. The molecule has 8 heteroatoms. The fourth-order valence-corrected chi connectivity index (χ4v) is 3.63. The zero-order valence-electron chi connectivity index (χ0n) is 13.3. The second-order valence-electron chi connectivity index (χ2n) is 5.53. The Bertz CT molecular complexity index is 535. The first-order chi connectivity index (χ1) is 10.6. The van der Waals surface area contributed by atoms with Crippen LogP contribution in [0.1, 0.15) is 33.1 Å². The number of carbonyl (C=O) groups excluding carboxylic acids is 1. The highest BCUT2D eigenvalue weighted by Crippen LogP contribution is 2.14. The molecule has 1 aliphatic heterocycles. The van der Waals surface area contributed by atoms with Crippen LogP contribution in [0.5, 0.6) is 0 Å². The standard InChI is InChI=1S/C14H24N4O2S2/c1-3-7-15-13-16-18(14(21)22-13)10-17-8-5-11(6-9-17)12(19)20-4-2/h11H,3-10H2,1-2H3,(H,15,16)/p+1. The predicted octanol–water partition coefficient (Wildman–Crippen LogP) is 1.31. The number of likely N-dealkylation sites (tertiary alicyclic amines) is 1. The summed E-state index contributed by atoms with van der Waals surface area (Å²) in [5, 5.41) is 8.71. The second kappa shape index (κ2) is 8.59. The molecule has 2 rings (SSSR count). The van der Waals surface area contributed by atoms with Gasteiger partial charge in [-0.25, -0.2) is 0 Å². The molecule has 0 amide bonds. The Hall–Kier alpha value is -0.990. The molecule has 22 heavy (non-hydrogen) atoms. The molecule has 0 spiro atoms. The Morgan fingerprint density at radius 3 is 2.86 bits per heavy atom. The minimum Gasteiger partial charge on any atom is -0.466 e. The van der Waals surface area contributed by atoms with E-state index in [2.05, 4.69) is 17.3 Å². The van der Waals surface area contributed by atoms with Gasteiger partial charge in [0, 0.05) is 19.4 Å². The lowest BCUT2D eigenvalue weighted by molar-refractivity contribution is -0.928. The fraction of sp³-hybridized carbons (Fsp3) is 0.786. The van der Waals surface area contributed by atoms with Gasteiger partial charge in [0.1, 0.15) is 0 Å². The van der Waals surface area contributed by atoms with E-state index in [1.165, 1.54) is 16.2 Å². The first-order valence-corrected chi connectivity index (χ1v) is 9.18. The van der Waals surface area contributed by atoms with Gasteiger partial charge in [-0.2, -0.15) is 4.68 Å². The first kappa shape index (κ1) is 17.4. The van der Waals surface area contributed by atoms with Gasteiger partial charge in [-0.15, -0.1) is 5.10 Å². The van der Waals surface area contributed by atoms with E-state index in [1.54, 1.807) is 0 Å². The maximum atomic E-state index is 11.7. The molecule has 1 aromatic rings. The number of rotatable bonds is 7. The molecule has 0 bridgehead atoms. The van der Waals surface area contributed by atoms with Gasteiger partial charge < -0.3 is 15.0 Å². The number of ether oxygens (including phenoxy) is 1. The Kier molecular flexibility index (Phi) is 6.78. The van der Waals surface area contributed by atoms with Gasteiger partial charge in [0.2, 0.25) is 5.13 Å².